The molecule has 2 unspecified atom stereocenters. The molecule has 2 fully saturated rings. The van der Waals surface area contributed by atoms with Gasteiger partial charge in [-0.1, -0.05) is 20.8 Å². The molecule has 0 aromatic heterocycles. The lowest BCUT2D eigenvalue weighted by molar-refractivity contribution is -0.138. The van der Waals surface area contributed by atoms with Crippen LogP contribution in [0.3, 0.4) is 0 Å². The summed E-state index contributed by atoms with van der Waals surface area (Å²) in [5.41, 5.74) is 0. The summed E-state index contributed by atoms with van der Waals surface area (Å²) < 4.78 is 24.4. The third-order valence-electron chi connectivity index (χ3n) is 5.60. The van der Waals surface area contributed by atoms with Crippen molar-refractivity contribution >= 4 is 26.4 Å². The molecule has 5 nitrogen and oxygen atoms in total. The number of carbonyl (C=O) groups excluding carboxylic acids is 1. The topological polar surface area (TPSA) is 60.9 Å². The van der Waals surface area contributed by atoms with E-state index in [1.165, 1.54) is 12.1 Å². The van der Waals surface area contributed by atoms with Crippen molar-refractivity contribution < 1.29 is 23.5 Å². The number of carboxylic acid groups (broad SMARTS) is 1. The molecular weight excluding hydrogens is 421 g/mol. The van der Waals surface area contributed by atoms with Gasteiger partial charge in [-0.15, -0.1) is 9.24 Å². The van der Waals surface area contributed by atoms with Crippen molar-refractivity contribution in [3.05, 3.63) is 29.8 Å². The van der Waals surface area contributed by atoms with Gasteiger partial charge in [-0.2, -0.15) is 0 Å². The number of aliphatic carboxylic acids is 1. The quantitative estimate of drug-likeness (QED) is 0.676. The maximum absolute atomic E-state index is 12.3. The molecule has 1 amide bonds. The Labute approximate surface area is 187 Å². The first-order valence-electron chi connectivity index (χ1n) is 11.2. The van der Waals surface area contributed by atoms with Gasteiger partial charge in [0.2, 0.25) is 5.91 Å². The minimum atomic E-state index is -0.682. The second-order valence-electron chi connectivity index (χ2n) is 7.74. The van der Waals surface area contributed by atoms with E-state index in [0.717, 1.165) is 57.9 Å². The first-order valence-corrected chi connectivity index (χ1v) is 11.8. The Kier molecular flexibility index (Phi) is 12.8. The van der Waals surface area contributed by atoms with Gasteiger partial charge in [0.05, 0.1) is 0 Å². The SMILES string of the molecule is CC.CCC(=O)N1CCCC1CN1CCC(CC(=O)O)CC1.Fc1ccc(P)c(F)c1. The monoisotopic (exact) mass is 458 g/mol. The molecule has 8 heteroatoms. The Morgan fingerprint density at radius 1 is 1.13 bits per heavy atom. The highest BCUT2D eigenvalue weighted by atomic mass is 31.0. The number of hydrogen-bond acceptors (Lipinski definition) is 3. The lowest BCUT2D eigenvalue weighted by Gasteiger charge is -2.35. The predicted octanol–water partition coefficient (Wildman–Crippen LogP) is 4.07. The summed E-state index contributed by atoms with van der Waals surface area (Å²) in [6, 6.07) is 3.81. The molecule has 0 saturated carbocycles. The second-order valence-corrected chi connectivity index (χ2v) is 8.37. The number of likely N-dealkylation sites (tertiary alicyclic amines) is 2. The van der Waals surface area contributed by atoms with Crippen LogP contribution in [0, 0.1) is 17.6 Å². The molecule has 0 aliphatic carbocycles. The minimum absolute atomic E-state index is 0.272. The van der Waals surface area contributed by atoms with Crippen molar-refractivity contribution in [2.45, 2.75) is 65.3 Å². The van der Waals surface area contributed by atoms with Gasteiger partial charge in [-0.05, 0) is 56.8 Å². The van der Waals surface area contributed by atoms with Gasteiger partial charge in [0, 0.05) is 43.3 Å². The molecule has 2 heterocycles. The van der Waals surface area contributed by atoms with E-state index in [1.54, 1.807) is 0 Å². The molecule has 176 valence electrons. The average molecular weight is 459 g/mol. The lowest BCUT2D eigenvalue weighted by Crippen LogP contribution is -2.45. The van der Waals surface area contributed by atoms with Crippen LogP contribution in [0.15, 0.2) is 18.2 Å². The largest absolute Gasteiger partial charge is 0.481 e. The van der Waals surface area contributed by atoms with Crippen LogP contribution in [-0.4, -0.2) is 59.0 Å². The van der Waals surface area contributed by atoms with E-state index in [1.807, 2.05) is 25.7 Å². The van der Waals surface area contributed by atoms with Crippen LogP contribution in [0.2, 0.25) is 0 Å². The first kappa shape index (κ1) is 27.4. The molecule has 31 heavy (non-hydrogen) atoms. The van der Waals surface area contributed by atoms with Crippen LogP contribution >= 0.6 is 9.24 Å². The fourth-order valence-corrected chi connectivity index (χ4v) is 4.16. The summed E-state index contributed by atoms with van der Waals surface area (Å²) in [5, 5.41) is 9.21. The van der Waals surface area contributed by atoms with E-state index in [9.17, 15) is 18.4 Å². The number of carboxylic acids is 1. The number of rotatable bonds is 5. The highest BCUT2D eigenvalue weighted by molar-refractivity contribution is 7.27. The van der Waals surface area contributed by atoms with Gasteiger partial charge in [-0.3, -0.25) is 9.59 Å². The number of piperidine rings is 1. The Morgan fingerprint density at radius 3 is 2.29 bits per heavy atom. The number of amides is 1. The number of carbonyl (C=O) groups is 2. The zero-order chi connectivity index (χ0) is 23.4. The second kappa shape index (κ2) is 14.5. The summed E-state index contributed by atoms with van der Waals surface area (Å²) in [6.45, 7) is 9.75. The minimum Gasteiger partial charge on any atom is -0.481 e. The Balaban J connectivity index is 0.000000365. The molecule has 2 atom stereocenters. The van der Waals surface area contributed by atoms with Crippen LogP contribution in [-0.2, 0) is 9.59 Å². The Bertz CT molecular complexity index is 697. The maximum atomic E-state index is 12.3. The summed E-state index contributed by atoms with van der Waals surface area (Å²) in [4.78, 5) is 27.1. The fraction of sp³-hybridized carbons (Fsp3) is 0.652. The van der Waals surface area contributed by atoms with Crippen molar-refractivity contribution in [1.82, 2.24) is 9.80 Å². The molecule has 3 rings (SSSR count). The van der Waals surface area contributed by atoms with Crippen LogP contribution in [0.4, 0.5) is 8.78 Å². The van der Waals surface area contributed by atoms with Crippen LogP contribution in [0.25, 0.3) is 0 Å². The number of halogens is 2. The van der Waals surface area contributed by atoms with E-state index in [2.05, 4.69) is 14.1 Å². The summed E-state index contributed by atoms with van der Waals surface area (Å²) in [6.07, 6.45) is 5.07. The zero-order valence-corrected chi connectivity index (χ0v) is 20.1. The smallest absolute Gasteiger partial charge is 0.303 e. The van der Waals surface area contributed by atoms with Gasteiger partial charge in [-0.25, -0.2) is 8.78 Å². The number of nitrogens with zero attached hydrogens (tertiary/aromatic N) is 2. The van der Waals surface area contributed by atoms with Crippen molar-refractivity contribution in [2.75, 3.05) is 26.2 Å². The molecule has 1 aromatic rings. The number of benzene rings is 1. The third-order valence-corrected chi connectivity index (χ3v) is 6.07. The van der Waals surface area contributed by atoms with Crippen LogP contribution < -0.4 is 5.30 Å². The summed E-state index contributed by atoms with van der Waals surface area (Å²) in [7, 11) is 2.17. The van der Waals surface area contributed by atoms with Gasteiger partial charge in [0.15, 0.2) is 0 Å². The van der Waals surface area contributed by atoms with Crippen LogP contribution in [0.5, 0.6) is 0 Å². The van der Waals surface area contributed by atoms with Gasteiger partial charge < -0.3 is 14.9 Å². The standard InChI is InChI=1S/C15H26N2O3.C6H5F2P.C2H6/c1-2-14(18)17-7-3-4-13(17)11-16-8-5-12(6-9-16)10-15(19)20;7-4-1-2-6(9)5(8)3-4;1-2/h12-13H,2-11H2,1H3,(H,19,20);1-3H,9H2;1-2H3. The highest BCUT2D eigenvalue weighted by Crippen LogP contribution is 2.24. The molecule has 2 saturated heterocycles. The first-order chi connectivity index (χ1) is 14.8. The average Bonchev–Trinajstić information content (AvgIpc) is 3.21. The zero-order valence-electron chi connectivity index (χ0n) is 18.9. The molecule has 0 spiro atoms. The van der Waals surface area contributed by atoms with E-state index < -0.39 is 17.6 Å². The molecule has 1 N–H and O–H groups in total. The van der Waals surface area contributed by atoms with Crippen molar-refractivity contribution in [2.24, 2.45) is 5.92 Å². The van der Waals surface area contributed by atoms with E-state index in [4.69, 9.17) is 5.11 Å². The lowest BCUT2D eigenvalue weighted by atomic mass is 9.93. The summed E-state index contributed by atoms with van der Waals surface area (Å²) >= 11 is 0. The van der Waals surface area contributed by atoms with Gasteiger partial charge in [0.25, 0.3) is 0 Å². The molecule has 0 radical (unpaired) electrons. The van der Waals surface area contributed by atoms with Crippen LogP contribution in [0.1, 0.15) is 59.3 Å². The van der Waals surface area contributed by atoms with E-state index in [-0.39, 0.29) is 5.91 Å². The van der Waals surface area contributed by atoms with E-state index >= 15 is 0 Å². The fourth-order valence-electron chi connectivity index (χ4n) is 3.98. The Morgan fingerprint density at radius 2 is 1.77 bits per heavy atom. The Hall–Kier alpha value is -1.59. The van der Waals surface area contributed by atoms with Crippen molar-refractivity contribution in [3.8, 4) is 0 Å². The molecule has 1 aromatic carbocycles. The van der Waals surface area contributed by atoms with E-state index in [0.29, 0.717) is 30.1 Å². The van der Waals surface area contributed by atoms with Gasteiger partial charge in [0.1, 0.15) is 11.6 Å². The van der Waals surface area contributed by atoms with Crippen molar-refractivity contribution in [1.29, 1.82) is 0 Å². The molecule has 2 aliphatic heterocycles. The number of hydrogen-bond donors (Lipinski definition) is 1. The molecule has 0 bridgehead atoms. The normalized spacial score (nSPS) is 19.2. The predicted molar refractivity (Wildman–Crippen MR) is 123 cm³/mol. The maximum Gasteiger partial charge on any atom is 0.303 e. The highest BCUT2D eigenvalue weighted by Gasteiger charge is 2.30. The van der Waals surface area contributed by atoms with Gasteiger partial charge >= 0.3 is 5.97 Å². The summed E-state index contributed by atoms with van der Waals surface area (Å²) in [5.74, 6) is -1.15. The third kappa shape index (κ3) is 9.61. The van der Waals surface area contributed by atoms with Crippen molar-refractivity contribution in [3.63, 3.8) is 0 Å². The molecular formula is C23H37F2N2O3P. The molecule has 2 aliphatic rings.